The second-order valence-electron chi connectivity index (χ2n) is 5.82. The molecule has 0 spiro atoms. The maximum Gasteiger partial charge on any atom is 0.349 e. The van der Waals surface area contributed by atoms with Crippen LogP contribution in [0, 0.1) is 13.8 Å². The van der Waals surface area contributed by atoms with Crippen LogP contribution in [0.3, 0.4) is 0 Å². The molecule has 1 aromatic heterocycles. The van der Waals surface area contributed by atoms with Crippen LogP contribution in [-0.2, 0) is 19.6 Å². The summed E-state index contributed by atoms with van der Waals surface area (Å²) in [5.41, 5.74) is 1.83. The molecule has 0 aliphatic rings. The number of thiophene rings is 1. The van der Waals surface area contributed by atoms with E-state index in [9.17, 15) is 18.0 Å². The van der Waals surface area contributed by atoms with Gasteiger partial charge in [-0.25, -0.2) is 17.5 Å². The summed E-state index contributed by atoms with van der Waals surface area (Å²) >= 11 is 1.25. The normalized spacial score (nSPS) is 11.4. The number of aryl methyl sites for hydroxylation is 2. The van der Waals surface area contributed by atoms with Crippen molar-refractivity contribution in [3.63, 3.8) is 0 Å². The fourth-order valence-electron chi connectivity index (χ4n) is 2.07. The van der Waals surface area contributed by atoms with E-state index >= 15 is 0 Å². The quantitative estimate of drug-likeness (QED) is 0.757. The average molecular weight is 396 g/mol. The lowest BCUT2D eigenvalue weighted by Gasteiger charge is -2.14. The van der Waals surface area contributed by atoms with Gasteiger partial charge in [-0.2, -0.15) is 0 Å². The van der Waals surface area contributed by atoms with Crippen molar-refractivity contribution < 1.29 is 22.7 Å². The summed E-state index contributed by atoms with van der Waals surface area (Å²) in [4.78, 5) is 24.5. The van der Waals surface area contributed by atoms with E-state index in [-0.39, 0.29) is 4.90 Å². The molecule has 0 bridgehead atoms. The highest BCUT2D eigenvalue weighted by Gasteiger charge is 2.19. The molecule has 140 valence electrons. The molecule has 0 aliphatic heterocycles. The van der Waals surface area contributed by atoms with Crippen molar-refractivity contribution in [1.29, 1.82) is 0 Å². The van der Waals surface area contributed by atoms with E-state index < -0.39 is 28.5 Å². The van der Waals surface area contributed by atoms with Gasteiger partial charge < -0.3 is 10.1 Å². The molecular formula is C17H20N2O5S2. The Morgan fingerprint density at radius 3 is 2.42 bits per heavy atom. The van der Waals surface area contributed by atoms with Crippen molar-refractivity contribution >= 4 is 38.9 Å². The van der Waals surface area contributed by atoms with Gasteiger partial charge in [-0.3, -0.25) is 4.79 Å². The third-order valence-electron chi connectivity index (χ3n) is 3.64. The maximum absolute atomic E-state index is 12.2. The molecule has 0 radical (unpaired) electrons. The molecule has 0 saturated carbocycles. The summed E-state index contributed by atoms with van der Waals surface area (Å²) in [6.07, 6.45) is 0. The molecule has 1 heterocycles. The molecule has 0 saturated heterocycles. The Bertz CT molecular complexity index is 932. The molecule has 0 fully saturated rings. The Morgan fingerprint density at radius 1 is 1.15 bits per heavy atom. The molecule has 0 unspecified atom stereocenters. The Labute approximate surface area is 156 Å². The number of carbonyl (C=O) groups excluding carboxylic acids is 2. The smallest absolute Gasteiger partial charge is 0.349 e. The fourth-order valence-corrected chi connectivity index (χ4v) is 3.82. The number of anilines is 1. The number of hydrogen-bond donors (Lipinski definition) is 1. The topological polar surface area (TPSA) is 92.8 Å². The van der Waals surface area contributed by atoms with Gasteiger partial charge in [-0.05, 0) is 48.6 Å². The number of nitrogens with zero attached hydrogens (tertiary/aromatic N) is 1. The van der Waals surface area contributed by atoms with Crippen LogP contribution in [0.2, 0.25) is 0 Å². The monoisotopic (exact) mass is 396 g/mol. The van der Waals surface area contributed by atoms with Crippen molar-refractivity contribution in [3.8, 4) is 0 Å². The second-order valence-corrected chi connectivity index (χ2v) is 8.89. The van der Waals surface area contributed by atoms with E-state index in [4.69, 9.17) is 4.74 Å². The number of ether oxygens (including phenoxy) is 1. The highest BCUT2D eigenvalue weighted by atomic mass is 32.2. The number of amides is 1. The minimum absolute atomic E-state index is 0.0644. The number of esters is 1. The summed E-state index contributed by atoms with van der Waals surface area (Å²) in [5.74, 6) is -1.11. The first kappa shape index (κ1) is 20.1. The molecule has 26 heavy (non-hydrogen) atoms. The number of benzene rings is 1. The van der Waals surface area contributed by atoms with Crippen LogP contribution in [0.15, 0.2) is 34.5 Å². The molecule has 1 amide bonds. The predicted molar refractivity (Wildman–Crippen MR) is 100 cm³/mol. The first-order valence-corrected chi connectivity index (χ1v) is 9.99. The highest BCUT2D eigenvalue weighted by molar-refractivity contribution is 7.89. The molecule has 1 aromatic carbocycles. The van der Waals surface area contributed by atoms with Gasteiger partial charge in [0.05, 0.1) is 4.90 Å². The minimum atomic E-state index is -3.61. The molecule has 7 nitrogen and oxygen atoms in total. The van der Waals surface area contributed by atoms with E-state index in [1.54, 1.807) is 31.4 Å². The van der Waals surface area contributed by atoms with E-state index in [0.29, 0.717) is 16.1 Å². The van der Waals surface area contributed by atoms with Gasteiger partial charge in [-0.15, -0.1) is 11.3 Å². The van der Waals surface area contributed by atoms with Crippen LogP contribution in [0.1, 0.15) is 20.8 Å². The lowest BCUT2D eigenvalue weighted by atomic mass is 10.2. The van der Waals surface area contributed by atoms with Gasteiger partial charge in [0, 0.05) is 19.8 Å². The molecule has 2 rings (SSSR count). The maximum atomic E-state index is 12.2. The molecule has 0 atom stereocenters. The van der Waals surface area contributed by atoms with E-state index in [1.807, 2.05) is 0 Å². The van der Waals surface area contributed by atoms with Crippen molar-refractivity contribution in [2.45, 2.75) is 18.7 Å². The van der Waals surface area contributed by atoms with Gasteiger partial charge in [0.15, 0.2) is 6.61 Å². The molecule has 0 aliphatic carbocycles. The van der Waals surface area contributed by atoms with Crippen molar-refractivity contribution in [2.75, 3.05) is 26.0 Å². The third-order valence-corrected chi connectivity index (χ3v) is 6.45. The van der Waals surface area contributed by atoms with E-state index in [2.05, 4.69) is 5.32 Å². The van der Waals surface area contributed by atoms with Gasteiger partial charge in [0.2, 0.25) is 10.0 Å². The van der Waals surface area contributed by atoms with Crippen molar-refractivity contribution in [3.05, 3.63) is 45.6 Å². The number of hydrogen-bond acceptors (Lipinski definition) is 6. The first-order chi connectivity index (χ1) is 12.1. The van der Waals surface area contributed by atoms with Gasteiger partial charge in [0.25, 0.3) is 5.91 Å². The number of nitrogens with one attached hydrogen (secondary N) is 1. The van der Waals surface area contributed by atoms with E-state index in [0.717, 1.165) is 9.87 Å². The first-order valence-electron chi connectivity index (χ1n) is 7.67. The number of carbonyl (C=O) groups is 2. The van der Waals surface area contributed by atoms with Crippen LogP contribution < -0.4 is 5.32 Å². The van der Waals surface area contributed by atoms with Crippen LogP contribution in [0.5, 0.6) is 0 Å². The molecule has 9 heteroatoms. The molecule has 2 aromatic rings. The Kier molecular flexibility index (Phi) is 6.17. The summed E-state index contributed by atoms with van der Waals surface area (Å²) in [7, 11) is -0.754. The highest BCUT2D eigenvalue weighted by Crippen LogP contribution is 2.22. The molecule has 1 N–H and O–H groups in total. The Morgan fingerprint density at radius 2 is 1.85 bits per heavy atom. The molecular weight excluding hydrogens is 376 g/mol. The van der Waals surface area contributed by atoms with Crippen molar-refractivity contribution in [2.24, 2.45) is 0 Å². The van der Waals surface area contributed by atoms with Crippen molar-refractivity contribution in [1.82, 2.24) is 4.31 Å². The lowest BCUT2D eigenvalue weighted by molar-refractivity contribution is -0.119. The lowest BCUT2D eigenvalue weighted by Crippen LogP contribution is -2.23. The van der Waals surface area contributed by atoms with Crippen LogP contribution in [0.4, 0.5) is 5.69 Å². The average Bonchev–Trinajstić information content (AvgIpc) is 3.00. The van der Waals surface area contributed by atoms with Gasteiger partial charge in [-0.1, -0.05) is 6.07 Å². The SMILES string of the molecule is Cc1ccc(S(=O)(=O)N(C)C)cc1NC(=O)COC(=O)c1sccc1C. The van der Waals surface area contributed by atoms with Gasteiger partial charge >= 0.3 is 5.97 Å². The zero-order valence-electron chi connectivity index (χ0n) is 14.9. The zero-order valence-corrected chi connectivity index (χ0v) is 16.5. The Hall–Kier alpha value is -2.23. The predicted octanol–water partition coefficient (Wildman–Crippen LogP) is 2.41. The summed E-state index contributed by atoms with van der Waals surface area (Å²) in [6, 6.07) is 6.25. The van der Waals surface area contributed by atoms with Crippen LogP contribution in [-0.4, -0.2) is 45.3 Å². The number of sulfonamides is 1. The largest absolute Gasteiger partial charge is 0.451 e. The van der Waals surface area contributed by atoms with Crippen LogP contribution >= 0.6 is 11.3 Å². The summed E-state index contributed by atoms with van der Waals surface area (Å²) in [5, 5.41) is 4.35. The minimum Gasteiger partial charge on any atom is -0.451 e. The van der Waals surface area contributed by atoms with E-state index in [1.165, 1.54) is 37.6 Å². The number of rotatable bonds is 6. The van der Waals surface area contributed by atoms with Crippen LogP contribution in [0.25, 0.3) is 0 Å². The zero-order chi connectivity index (χ0) is 19.5. The fraction of sp³-hybridized carbons (Fsp3) is 0.294. The summed E-state index contributed by atoms with van der Waals surface area (Å²) in [6.45, 7) is 3.07. The second kappa shape index (κ2) is 7.98. The third kappa shape index (κ3) is 4.48. The Balaban J connectivity index is 2.07. The summed E-state index contributed by atoms with van der Waals surface area (Å²) < 4.78 is 30.5. The standard InChI is InChI=1S/C17H20N2O5S2/c1-11-5-6-13(26(22,23)19(3)4)9-14(11)18-15(20)10-24-17(21)16-12(2)7-8-25-16/h5-9H,10H2,1-4H3,(H,18,20). The van der Waals surface area contributed by atoms with Gasteiger partial charge in [0.1, 0.15) is 4.88 Å².